The number of hydrogen-bond donors (Lipinski definition) is 1. The van der Waals surface area contributed by atoms with Crippen LogP contribution in [0.25, 0.3) is 10.9 Å². The van der Waals surface area contributed by atoms with E-state index in [1.165, 1.54) is 17.8 Å². The van der Waals surface area contributed by atoms with E-state index < -0.39 is 5.82 Å². The molecule has 0 saturated heterocycles. The van der Waals surface area contributed by atoms with Crippen molar-refractivity contribution in [2.24, 2.45) is 0 Å². The quantitative estimate of drug-likeness (QED) is 0.229. The zero-order chi connectivity index (χ0) is 24.3. The number of fused-ring (bicyclic) bond motifs is 1. The number of pyridine rings is 1. The molecule has 0 saturated carbocycles. The molecular formula is C26H29FN2O4S. The number of benzene rings is 2. The van der Waals surface area contributed by atoms with Crippen molar-refractivity contribution in [3.05, 3.63) is 60.6 Å². The standard InChI is InChI=1S/C26H29FN2O4S/c1-18(30)34-14-8-6-4-5-7-13-32-26-17-22-20(16-25(26)31-3)23(11-12-29-22)33-24-10-9-19(28-2)15-21(24)27/h5,7,9-12,15-17,28H,4,6,8,13-14H2,1-3H3/b7-5+. The highest BCUT2D eigenvalue weighted by Gasteiger charge is 2.13. The number of halogens is 1. The molecule has 2 aromatic carbocycles. The molecular weight excluding hydrogens is 455 g/mol. The van der Waals surface area contributed by atoms with Crippen molar-refractivity contribution in [1.82, 2.24) is 4.98 Å². The van der Waals surface area contributed by atoms with Gasteiger partial charge in [0.15, 0.2) is 28.2 Å². The molecule has 0 aliphatic rings. The molecule has 180 valence electrons. The number of thioether (sulfide) groups is 1. The largest absolute Gasteiger partial charge is 0.493 e. The highest BCUT2D eigenvalue weighted by molar-refractivity contribution is 8.13. The van der Waals surface area contributed by atoms with Crippen LogP contribution in [0.2, 0.25) is 0 Å². The molecule has 1 N–H and O–H groups in total. The second-order valence-corrected chi connectivity index (χ2v) is 8.72. The minimum Gasteiger partial charge on any atom is -0.493 e. The van der Waals surface area contributed by atoms with Gasteiger partial charge in [-0.2, -0.15) is 0 Å². The molecule has 0 bridgehead atoms. The van der Waals surface area contributed by atoms with Gasteiger partial charge in [-0.3, -0.25) is 9.78 Å². The molecule has 34 heavy (non-hydrogen) atoms. The SMILES string of the molecule is CNc1ccc(Oc2ccnc3cc(OC/C=C/CCCCSC(C)=O)c(OC)cc23)c(F)c1. The van der Waals surface area contributed by atoms with Crippen molar-refractivity contribution in [2.45, 2.75) is 26.2 Å². The fourth-order valence-corrected chi connectivity index (χ4v) is 3.89. The summed E-state index contributed by atoms with van der Waals surface area (Å²) in [5.74, 6) is 2.08. The summed E-state index contributed by atoms with van der Waals surface area (Å²) in [6, 6.07) is 9.95. The van der Waals surface area contributed by atoms with Crippen molar-refractivity contribution in [3.8, 4) is 23.0 Å². The van der Waals surface area contributed by atoms with Gasteiger partial charge in [-0.05, 0) is 43.5 Å². The molecule has 0 amide bonds. The van der Waals surface area contributed by atoms with Crippen LogP contribution in [0.4, 0.5) is 10.1 Å². The summed E-state index contributed by atoms with van der Waals surface area (Å²) in [6.45, 7) is 1.98. The van der Waals surface area contributed by atoms with Gasteiger partial charge in [-0.15, -0.1) is 0 Å². The Labute approximate surface area is 203 Å². The highest BCUT2D eigenvalue weighted by Crippen LogP contribution is 2.37. The van der Waals surface area contributed by atoms with E-state index in [9.17, 15) is 9.18 Å². The van der Waals surface area contributed by atoms with E-state index in [1.807, 2.05) is 6.08 Å². The summed E-state index contributed by atoms with van der Waals surface area (Å²) in [5.41, 5.74) is 1.31. The molecule has 8 heteroatoms. The minimum absolute atomic E-state index is 0.121. The van der Waals surface area contributed by atoms with E-state index in [2.05, 4.69) is 16.4 Å². The van der Waals surface area contributed by atoms with E-state index >= 15 is 0 Å². The molecule has 1 heterocycles. The zero-order valence-electron chi connectivity index (χ0n) is 19.6. The molecule has 0 aliphatic carbocycles. The lowest BCUT2D eigenvalue weighted by atomic mass is 10.1. The van der Waals surface area contributed by atoms with Crippen LogP contribution in [0.5, 0.6) is 23.0 Å². The summed E-state index contributed by atoms with van der Waals surface area (Å²) in [6.07, 6.45) is 8.62. The number of carbonyl (C=O) groups excluding carboxylic acids is 1. The number of aromatic nitrogens is 1. The Morgan fingerprint density at radius 3 is 2.68 bits per heavy atom. The van der Waals surface area contributed by atoms with E-state index in [4.69, 9.17) is 14.2 Å². The van der Waals surface area contributed by atoms with Crippen molar-refractivity contribution < 1.29 is 23.4 Å². The van der Waals surface area contributed by atoms with Crippen LogP contribution in [-0.4, -0.2) is 36.6 Å². The number of unbranched alkanes of at least 4 members (excludes halogenated alkanes) is 2. The lowest BCUT2D eigenvalue weighted by Gasteiger charge is -2.14. The van der Waals surface area contributed by atoms with Crippen LogP contribution < -0.4 is 19.5 Å². The maximum Gasteiger partial charge on any atom is 0.185 e. The number of carbonyl (C=O) groups is 1. The number of methoxy groups -OCH3 is 1. The van der Waals surface area contributed by atoms with Gasteiger partial charge in [-0.1, -0.05) is 23.9 Å². The van der Waals surface area contributed by atoms with E-state index in [-0.39, 0.29) is 10.9 Å². The van der Waals surface area contributed by atoms with E-state index in [0.29, 0.717) is 40.4 Å². The summed E-state index contributed by atoms with van der Waals surface area (Å²) < 4.78 is 31.7. The van der Waals surface area contributed by atoms with Gasteiger partial charge in [0.05, 0.1) is 12.6 Å². The third-order valence-corrected chi connectivity index (χ3v) is 5.90. The first kappa shape index (κ1) is 25.4. The fourth-order valence-electron chi connectivity index (χ4n) is 3.25. The smallest absolute Gasteiger partial charge is 0.185 e. The number of ether oxygens (including phenoxy) is 3. The molecule has 0 radical (unpaired) electrons. The number of nitrogens with one attached hydrogen (secondary N) is 1. The predicted octanol–water partition coefficient (Wildman–Crippen LogP) is 6.60. The molecule has 6 nitrogen and oxygen atoms in total. The summed E-state index contributed by atoms with van der Waals surface area (Å²) in [5, 5.41) is 3.74. The number of rotatable bonds is 12. The first-order valence-corrected chi connectivity index (χ1v) is 12.0. The van der Waals surface area contributed by atoms with Gasteiger partial charge in [0, 0.05) is 49.1 Å². The number of hydrogen-bond acceptors (Lipinski definition) is 7. The van der Waals surface area contributed by atoms with E-state index in [1.54, 1.807) is 57.6 Å². The maximum atomic E-state index is 14.4. The van der Waals surface area contributed by atoms with Gasteiger partial charge in [0.2, 0.25) is 0 Å². The Bertz CT molecular complexity index is 1150. The van der Waals surface area contributed by atoms with E-state index in [0.717, 1.165) is 25.0 Å². The summed E-state index contributed by atoms with van der Waals surface area (Å²) in [4.78, 5) is 15.3. The Morgan fingerprint density at radius 2 is 1.94 bits per heavy atom. The Hall–Kier alpha value is -3.26. The van der Waals surface area contributed by atoms with Gasteiger partial charge in [0.25, 0.3) is 0 Å². The lowest BCUT2D eigenvalue weighted by Crippen LogP contribution is -1.98. The number of anilines is 1. The van der Waals surface area contributed by atoms with Crippen molar-refractivity contribution >= 4 is 33.5 Å². The average molecular weight is 485 g/mol. The topological polar surface area (TPSA) is 69.7 Å². The van der Waals surface area contributed by atoms with Crippen molar-refractivity contribution in [2.75, 3.05) is 31.8 Å². The first-order valence-electron chi connectivity index (χ1n) is 11.0. The molecule has 0 spiro atoms. The van der Waals surface area contributed by atoms with Crippen LogP contribution in [0.1, 0.15) is 26.2 Å². The number of nitrogens with zero attached hydrogens (tertiary/aromatic N) is 1. The minimum atomic E-state index is -0.465. The van der Waals surface area contributed by atoms with Gasteiger partial charge in [-0.25, -0.2) is 4.39 Å². The van der Waals surface area contributed by atoms with Gasteiger partial charge in [0.1, 0.15) is 12.4 Å². The second-order valence-electron chi connectivity index (χ2n) is 7.44. The van der Waals surface area contributed by atoms with Crippen LogP contribution in [-0.2, 0) is 4.79 Å². The molecule has 1 aromatic heterocycles. The molecule has 3 aromatic rings. The van der Waals surface area contributed by atoms with Crippen molar-refractivity contribution in [1.29, 1.82) is 0 Å². The molecule has 0 atom stereocenters. The van der Waals surface area contributed by atoms with Crippen LogP contribution in [0.15, 0.2) is 54.7 Å². The first-order chi connectivity index (χ1) is 16.5. The van der Waals surface area contributed by atoms with Crippen LogP contribution in [0.3, 0.4) is 0 Å². The Balaban J connectivity index is 1.66. The van der Waals surface area contributed by atoms with Gasteiger partial charge >= 0.3 is 0 Å². The normalized spacial score (nSPS) is 11.1. The Kier molecular flexibility index (Phi) is 9.58. The average Bonchev–Trinajstić information content (AvgIpc) is 2.83. The maximum absolute atomic E-state index is 14.4. The summed E-state index contributed by atoms with van der Waals surface area (Å²) >= 11 is 1.37. The fraction of sp³-hybridized carbons (Fsp3) is 0.308. The van der Waals surface area contributed by atoms with Crippen LogP contribution in [0, 0.1) is 5.82 Å². The Morgan fingerprint density at radius 1 is 1.09 bits per heavy atom. The third kappa shape index (κ3) is 7.12. The summed E-state index contributed by atoms with van der Waals surface area (Å²) in [7, 11) is 3.29. The zero-order valence-corrected chi connectivity index (χ0v) is 20.4. The number of allylic oxidation sites excluding steroid dienone is 1. The van der Waals surface area contributed by atoms with Gasteiger partial charge < -0.3 is 19.5 Å². The lowest BCUT2D eigenvalue weighted by molar-refractivity contribution is -0.109. The highest BCUT2D eigenvalue weighted by atomic mass is 32.2. The van der Waals surface area contributed by atoms with Crippen molar-refractivity contribution in [3.63, 3.8) is 0 Å². The monoisotopic (exact) mass is 484 g/mol. The van der Waals surface area contributed by atoms with Crippen LogP contribution >= 0.6 is 11.8 Å². The predicted molar refractivity (Wildman–Crippen MR) is 136 cm³/mol. The molecule has 0 unspecified atom stereocenters. The molecule has 0 aliphatic heterocycles. The third-order valence-electron chi connectivity index (χ3n) is 5.00. The second kappa shape index (κ2) is 12.8. The molecule has 0 fully saturated rings. The molecule has 3 rings (SSSR count).